The van der Waals surface area contributed by atoms with Gasteiger partial charge in [-0.15, -0.1) is 0 Å². The van der Waals surface area contributed by atoms with Crippen molar-refractivity contribution in [1.29, 1.82) is 0 Å². The molecule has 0 heterocycles. The average Bonchev–Trinajstić information content (AvgIpc) is 2.80. The lowest BCUT2D eigenvalue weighted by molar-refractivity contribution is -0.123. The maximum absolute atomic E-state index is 12.4. The van der Waals surface area contributed by atoms with Crippen molar-refractivity contribution in [2.45, 2.75) is 0 Å². The van der Waals surface area contributed by atoms with Crippen LogP contribution in [0.4, 0.5) is 0 Å². The van der Waals surface area contributed by atoms with Crippen LogP contribution in [0.2, 0.25) is 0 Å². The fourth-order valence-electron chi connectivity index (χ4n) is 2.47. The van der Waals surface area contributed by atoms with Crippen molar-refractivity contribution >= 4 is 34.0 Å². The monoisotopic (exact) mass is 482 g/mol. The number of halogens is 1. The Balaban J connectivity index is 1.62. The van der Waals surface area contributed by atoms with Gasteiger partial charge in [0.25, 0.3) is 5.91 Å². The van der Waals surface area contributed by atoms with Crippen molar-refractivity contribution in [2.75, 3.05) is 13.7 Å². The standard InChI is InChI=1S/C23H19BrN2O5/c1-29-19-10-7-16(8-11-19)23(28)31-21-12-9-18(24)13-17(21)14-25-26-22(27)15-30-20-5-3-2-4-6-20/h2-14H,15H2,1H3,(H,26,27). The summed E-state index contributed by atoms with van der Waals surface area (Å²) < 4.78 is 16.7. The molecule has 31 heavy (non-hydrogen) atoms. The second-order valence-corrected chi connectivity index (χ2v) is 7.11. The number of para-hydroxylation sites is 1. The van der Waals surface area contributed by atoms with E-state index in [2.05, 4.69) is 26.5 Å². The van der Waals surface area contributed by atoms with Gasteiger partial charge in [-0.3, -0.25) is 4.79 Å². The summed E-state index contributed by atoms with van der Waals surface area (Å²) in [5, 5.41) is 3.93. The first kappa shape index (κ1) is 22.0. The highest BCUT2D eigenvalue weighted by Gasteiger charge is 2.12. The van der Waals surface area contributed by atoms with Crippen LogP contribution in [0.3, 0.4) is 0 Å². The number of carbonyl (C=O) groups is 2. The van der Waals surface area contributed by atoms with Crippen LogP contribution in [-0.2, 0) is 4.79 Å². The molecule has 7 nitrogen and oxygen atoms in total. The summed E-state index contributed by atoms with van der Waals surface area (Å²) in [6.45, 7) is -0.181. The molecule has 0 fully saturated rings. The highest BCUT2D eigenvalue weighted by molar-refractivity contribution is 9.10. The number of esters is 1. The molecule has 0 saturated carbocycles. The van der Waals surface area contributed by atoms with Gasteiger partial charge in [-0.05, 0) is 54.6 Å². The average molecular weight is 483 g/mol. The topological polar surface area (TPSA) is 86.2 Å². The quantitative estimate of drug-likeness (QED) is 0.225. The van der Waals surface area contributed by atoms with Crippen LogP contribution >= 0.6 is 15.9 Å². The summed E-state index contributed by atoms with van der Waals surface area (Å²) in [6, 6.07) is 20.6. The lowest BCUT2D eigenvalue weighted by Crippen LogP contribution is -2.24. The van der Waals surface area contributed by atoms with Crippen LogP contribution in [0.15, 0.2) is 82.4 Å². The molecule has 0 bridgehead atoms. The minimum atomic E-state index is -0.528. The zero-order valence-corrected chi connectivity index (χ0v) is 18.2. The van der Waals surface area contributed by atoms with Gasteiger partial charge in [0.15, 0.2) is 6.61 Å². The van der Waals surface area contributed by atoms with Crippen molar-refractivity contribution in [1.82, 2.24) is 5.43 Å². The van der Waals surface area contributed by atoms with Crippen LogP contribution in [0, 0.1) is 0 Å². The summed E-state index contributed by atoms with van der Waals surface area (Å²) in [4.78, 5) is 24.4. The molecule has 158 valence electrons. The van der Waals surface area contributed by atoms with E-state index >= 15 is 0 Å². The van der Waals surface area contributed by atoms with Crippen LogP contribution in [0.25, 0.3) is 0 Å². The normalized spacial score (nSPS) is 10.5. The minimum absolute atomic E-state index is 0.181. The van der Waals surface area contributed by atoms with Gasteiger partial charge in [0.1, 0.15) is 17.2 Å². The molecule has 8 heteroatoms. The Labute approximate surface area is 187 Å². The van der Waals surface area contributed by atoms with Crippen LogP contribution < -0.4 is 19.6 Å². The van der Waals surface area contributed by atoms with Crippen molar-refractivity contribution in [2.24, 2.45) is 5.10 Å². The van der Waals surface area contributed by atoms with E-state index in [0.717, 1.165) is 4.47 Å². The summed E-state index contributed by atoms with van der Waals surface area (Å²) in [5.41, 5.74) is 3.26. The minimum Gasteiger partial charge on any atom is -0.497 e. The number of nitrogens with one attached hydrogen (secondary N) is 1. The van der Waals surface area contributed by atoms with E-state index in [1.807, 2.05) is 18.2 Å². The number of ether oxygens (including phenoxy) is 3. The Morgan fingerprint density at radius 1 is 1.00 bits per heavy atom. The Kier molecular flexibility index (Phi) is 7.78. The zero-order valence-electron chi connectivity index (χ0n) is 16.6. The number of hydrogen-bond acceptors (Lipinski definition) is 6. The second kappa shape index (κ2) is 10.9. The number of amides is 1. The molecule has 0 aromatic heterocycles. The number of benzene rings is 3. The maximum Gasteiger partial charge on any atom is 0.343 e. The number of rotatable bonds is 8. The predicted molar refractivity (Wildman–Crippen MR) is 120 cm³/mol. The van der Waals surface area contributed by atoms with Gasteiger partial charge < -0.3 is 14.2 Å². The van der Waals surface area contributed by atoms with Crippen LogP contribution in [-0.4, -0.2) is 31.8 Å². The molecule has 0 aliphatic carbocycles. The molecule has 1 amide bonds. The first-order valence-electron chi connectivity index (χ1n) is 9.20. The Hall–Kier alpha value is -3.65. The molecule has 0 saturated heterocycles. The molecule has 0 atom stereocenters. The molecular weight excluding hydrogens is 464 g/mol. The van der Waals surface area contributed by atoms with Crippen LogP contribution in [0.1, 0.15) is 15.9 Å². The smallest absolute Gasteiger partial charge is 0.343 e. The molecule has 0 aliphatic heterocycles. The molecule has 1 N–H and O–H groups in total. The highest BCUT2D eigenvalue weighted by Crippen LogP contribution is 2.23. The van der Waals surface area contributed by atoms with E-state index in [-0.39, 0.29) is 6.61 Å². The number of nitrogens with zero attached hydrogens (tertiary/aromatic N) is 1. The van der Waals surface area contributed by atoms with E-state index in [4.69, 9.17) is 14.2 Å². The second-order valence-electron chi connectivity index (χ2n) is 6.20. The van der Waals surface area contributed by atoms with Gasteiger partial charge in [0.2, 0.25) is 0 Å². The van der Waals surface area contributed by atoms with E-state index < -0.39 is 11.9 Å². The summed E-state index contributed by atoms with van der Waals surface area (Å²) in [6.07, 6.45) is 1.39. The lowest BCUT2D eigenvalue weighted by atomic mass is 10.2. The number of methoxy groups -OCH3 is 1. The van der Waals surface area contributed by atoms with Gasteiger partial charge >= 0.3 is 5.97 Å². The van der Waals surface area contributed by atoms with Crippen molar-refractivity contribution in [3.8, 4) is 17.2 Å². The zero-order chi connectivity index (χ0) is 22.1. The third-order valence-corrected chi connectivity index (χ3v) is 4.50. The van der Waals surface area contributed by atoms with Gasteiger partial charge in [-0.25, -0.2) is 10.2 Å². The molecule has 0 unspecified atom stereocenters. The molecule has 3 aromatic rings. The third kappa shape index (κ3) is 6.68. The summed E-state index contributed by atoms with van der Waals surface area (Å²) in [5.74, 6) is 0.565. The van der Waals surface area contributed by atoms with Gasteiger partial charge in [0.05, 0.1) is 18.9 Å². The predicted octanol–water partition coefficient (Wildman–Crippen LogP) is 4.21. The molecule has 0 spiro atoms. The fraction of sp³-hybridized carbons (Fsp3) is 0.0870. The van der Waals surface area contributed by atoms with E-state index in [9.17, 15) is 9.59 Å². The van der Waals surface area contributed by atoms with Crippen molar-refractivity contribution in [3.63, 3.8) is 0 Å². The van der Waals surface area contributed by atoms with Gasteiger partial charge in [-0.2, -0.15) is 5.10 Å². The lowest BCUT2D eigenvalue weighted by Gasteiger charge is -2.09. The molecule has 3 rings (SSSR count). The first-order chi connectivity index (χ1) is 15.0. The number of carbonyl (C=O) groups excluding carboxylic acids is 2. The molecule has 0 radical (unpaired) electrons. The Bertz CT molecular complexity index is 1070. The number of hydrogen-bond donors (Lipinski definition) is 1. The first-order valence-corrected chi connectivity index (χ1v) is 10.00. The van der Waals surface area contributed by atoms with E-state index in [0.29, 0.717) is 28.4 Å². The third-order valence-electron chi connectivity index (χ3n) is 4.01. The summed E-state index contributed by atoms with van der Waals surface area (Å²) >= 11 is 3.37. The highest BCUT2D eigenvalue weighted by atomic mass is 79.9. The molecule has 3 aromatic carbocycles. The van der Waals surface area contributed by atoms with E-state index in [1.165, 1.54) is 6.21 Å². The van der Waals surface area contributed by atoms with Gasteiger partial charge in [0, 0.05) is 10.0 Å². The molecule has 0 aliphatic rings. The summed E-state index contributed by atoms with van der Waals surface area (Å²) in [7, 11) is 1.55. The largest absolute Gasteiger partial charge is 0.497 e. The van der Waals surface area contributed by atoms with E-state index in [1.54, 1.807) is 61.7 Å². The maximum atomic E-state index is 12.4. The number of hydrazone groups is 1. The fourth-order valence-corrected chi connectivity index (χ4v) is 2.85. The van der Waals surface area contributed by atoms with Crippen molar-refractivity contribution in [3.05, 3.63) is 88.4 Å². The molecular formula is C23H19BrN2O5. The van der Waals surface area contributed by atoms with Crippen molar-refractivity contribution < 1.29 is 23.8 Å². The SMILES string of the molecule is COc1ccc(C(=O)Oc2ccc(Br)cc2C=NNC(=O)COc2ccccc2)cc1. The van der Waals surface area contributed by atoms with Crippen LogP contribution in [0.5, 0.6) is 17.2 Å². The van der Waals surface area contributed by atoms with Gasteiger partial charge in [-0.1, -0.05) is 34.1 Å². The Morgan fingerprint density at radius 2 is 1.74 bits per heavy atom. The Morgan fingerprint density at radius 3 is 2.45 bits per heavy atom.